The van der Waals surface area contributed by atoms with E-state index in [4.69, 9.17) is 0 Å². The Morgan fingerprint density at radius 2 is 1.64 bits per heavy atom. The highest BCUT2D eigenvalue weighted by Crippen LogP contribution is 2.53. The standard InChI is InChI=1S/C24H31N3O/c28-24(26-23-18-10-15-9-16(12-18)13-19(23)11-15)27-7-5-17(6-8-27)21-14-25-22-4-2-1-3-20(21)22/h1-4,14-19,23,25H,5-13H2,(H,26,28). The van der Waals surface area contributed by atoms with Crippen molar-refractivity contribution in [2.75, 3.05) is 13.1 Å². The number of H-pyrrole nitrogens is 1. The van der Waals surface area contributed by atoms with Gasteiger partial charge in [-0.1, -0.05) is 18.2 Å². The molecule has 0 radical (unpaired) electrons. The number of hydrogen-bond donors (Lipinski definition) is 2. The SMILES string of the molecule is O=C(NC1C2CC3CC(C2)CC1C3)N1CCC(c2c[nH]c3ccccc23)CC1. The number of carbonyl (C=O) groups excluding carboxylic acids is 1. The molecule has 4 saturated carbocycles. The van der Waals surface area contributed by atoms with Crippen molar-refractivity contribution in [2.45, 2.75) is 56.9 Å². The smallest absolute Gasteiger partial charge is 0.317 e. The highest BCUT2D eigenvalue weighted by atomic mass is 16.2. The van der Waals surface area contributed by atoms with Crippen molar-refractivity contribution in [3.8, 4) is 0 Å². The highest BCUT2D eigenvalue weighted by molar-refractivity contribution is 5.83. The number of hydrogen-bond acceptors (Lipinski definition) is 1. The average molecular weight is 378 g/mol. The second-order valence-electron chi connectivity index (χ2n) is 9.96. The maximum Gasteiger partial charge on any atom is 0.317 e. The van der Waals surface area contributed by atoms with E-state index in [0.717, 1.165) is 49.6 Å². The van der Waals surface area contributed by atoms with Crippen LogP contribution in [0, 0.1) is 23.7 Å². The van der Waals surface area contributed by atoms with E-state index in [0.29, 0.717) is 12.0 Å². The van der Waals surface area contributed by atoms with Gasteiger partial charge in [0.15, 0.2) is 0 Å². The summed E-state index contributed by atoms with van der Waals surface area (Å²) in [4.78, 5) is 18.5. The highest BCUT2D eigenvalue weighted by Gasteiger charge is 2.48. The van der Waals surface area contributed by atoms with Gasteiger partial charge in [-0.05, 0) is 86.2 Å². The number of aromatic amines is 1. The van der Waals surface area contributed by atoms with E-state index in [2.05, 4.69) is 45.7 Å². The monoisotopic (exact) mass is 377 g/mol. The third-order valence-electron chi connectivity index (χ3n) is 8.36. The number of fused-ring (bicyclic) bond motifs is 1. The van der Waals surface area contributed by atoms with E-state index < -0.39 is 0 Å². The molecule has 1 aromatic heterocycles. The van der Waals surface area contributed by atoms with Gasteiger partial charge in [0.05, 0.1) is 0 Å². The topological polar surface area (TPSA) is 48.1 Å². The molecule has 2 heterocycles. The Morgan fingerprint density at radius 3 is 2.36 bits per heavy atom. The van der Waals surface area contributed by atoms with Gasteiger partial charge >= 0.3 is 6.03 Å². The van der Waals surface area contributed by atoms with Gasteiger partial charge in [0.1, 0.15) is 0 Å². The summed E-state index contributed by atoms with van der Waals surface area (Å²) in [6.45, 7) is 1.76. The number of carbonyl (C=O) groups is 1. The van der Waals surface area contributed by atoms with Gasteiger partial charge in [-0.2, -0.15) is 0 Å². The zero-order chi connectivity index (χ0) is 18.7. The Hall–Kier alpha value is -1.97. The Kier molecular flexibility index (Phi) is 3.95. The number of urea groups is 1. The van der Waals surface area contributed by atoms with Crippen LogP contribution in [0.5, 0.6) is 0 Å². The molecule has 1 saturated heterocycles. The molecular weight excluding hydrogens is 346 g/mol. The van der Waals surface area contributed by atoms with Crippen LogP contribution in [-0.4, -0.2) is 35.0 Å². The van der Waals surface area contributed by atoms with Gasteiger partial charge in [-0.15, -0.1) is 0 Å². The van der Waals surface area contributed by atoms with E-state index in [9.17, 15) is 4.79 Å². The van der Waals surface area contributed by atoms with Crippen LogP contribution in [0.15, 0.2) is 30.5 Å². The van der Waals surface area contributed by atoms with Crippen LogP contribution in [-0.2, 0) is 0 Å². The summed E-state index contributed by atoms with van der Waals surface area (Å²) in [5.41, 5.74) is 2.65. The lowest BCUT2D eigenvalue weighted by Gasteiger charge is -2.54. The first-order chi connectivity index (χ1) is 13.7. The number of nitrogens with zero attached hydrogens (tertiary/aromatic N) is 1. The molecule has 5 aliphatic rings. The molecule has 28 heavy (non-hydrogen) atoms. The van der Waals surface area contributed by atoms with Crippen LogP contribution >= 0.6 is 0 Å². The van der Waals surface area contributed by atoms with Crippen LogP contribution in [0.4, 0.5) is 4.79 Å². The molecule has 5 fully saturated rings. The van der Waals surface area contributed by atoms with Crippen molar-refractivity contribution in [2.24, 2.45) is 23.7 Å². The fourth-order valence-corrected chi connectivity index (χ4v) is 7.22. The Labute approximate surface area is 167 Å². The molecule has 2 amide bonds. The minimum atomic E-state index is 0.204. The molecule has 2 N–H and O–H groups in total. The van der Waals surface area contributed by atoms with Gasteiger partial charge in [-0.3, -0.25) is 0 Å². The van der Waals surface area contributed by atoms with Gasteiger partial charge in [0.2, 0.25) is 0 Å². The zero-order valence-electron chi connectivity index (χ0n) is 16.6. The first-order valence-corrected chi connectivity index (χ1v) is 11.4. The first-order valence-electron chi connectivity index (χ1n) is 11.4. The van der Waals surface area contributed by atoms with Gasteiger partial charge in [0, 0.05) is 36.2 Å². The predicted octanol–water partition coefficient (Wildman–Crippen LogP) is 4.88. The molecule has 148 valence electrons. The number of para-hydroxylation sites is 1. The van der Waals surface area contributed by atoms with E-state index in [-0.39, 0.29) is 6.03 Å². The molecule has 4 nitrogen and oxygen atoms in total. The van der Waals surface area contributed by atoms with E-state index in [1.807, 2.05) is 0 Å². The minimum Gasteiger partial charge on any atom is -0.361 e. The third kappa shape index (κ3) is 2.75. The number of piperidine rings is 1. The van der Waals surface area contributed by atoms with E-state index >= 15 is 0 Å². The Bertz CT molecular complexity index is 851. The Morgan fingerprint density at radius 1 is 0.964 bits per heavy atom. The van der Waals surface area contributed by atoms with E-state index in [1.54, 1.807) is 0 Å². The van der Waals surface area contributed by atoms with Gasteiger partial charge in [-0.25, -0.2) is 4.79 Å². The molecule has 0 unspecified atom stereocenters. The van der Waals surface area contributed by atoms with Gasteiger partial charge in [0.25, 0.3) is 0 Å². The number of benzene rings is 1. The number of likely N-dealkylation sites (tertiary alicyclic amines) is 1. The molecule has 1 aliphatic heterocycles. The fraction of sp³-hybridized carbons (Fsp3) is 0.625. The van der Waals surface area contributed by atoms with Crippen LogP contribution in [0.1, 0.15) is 56.4 Å². The van der Waals surface area contributed by atoms with Crippen molar-refractivity contribution in [1.29, 1.82) is 0 Å². The van der Waals surface area contributed by atoms with Crippen molar-refractivity contribution < 1.29 is 4.79 Å². The second-order valence-corrected chi connectivity index (χ2v) is 9.96. The Balaban J connectivity index is 1.09. The van der Waals surface area contributed by atoms with Crippen molar-refractivity contribution in [3.63, 3.8) is 0 Å². The molecule has 1 aromatic carbocycles. The number of rotatable bonds is 2. The summed E-state index contributed by atoms with van der Waals surface area (Å²) in [5, 5.41) is 4.84. The summed E-state index contributed by atoms with van der Waals surface area (Å²) in [6.07, 6.45) is 11.2. The quantitative estimate of drug-likeness (QED) is 0.770. The number of amides is 2. The lowest BCUT2D eigenvalue weighted by atomic mass is 9.54. The molecule has 4 aliphatic carbocycles. The largest absolute Gasteiger partial charge is 0.361 e. The van der Waals surface area contributed by atoms with Crippen molar-refractivity contribution >= 4 is 16.9 Å². The van der Waals surface area contributed by atoms with Crippen LogP contribution in [0.2, 0.25) is 0 Å². The maximum atomic E-state index is 13.0. The molecule has 7 rings (SSSR count). The first kappa shape index (κ1) is 16.9. The molecular formula is C24H31N3O. The normalized spacial score (nSPS) is 34.9. The van der Waals surface area contributed by atoms with Crippen LogP contribution in [0.25, 0.3) is 10.9 Å². The number of nitrogens with one attached hydrogen (secondary N) is 2. The second kappa shape index (κ2) is 6.53. The van der Waals surface area contributed by atoms with Gasteiger partial charge < -0.3 is 15.2 Å². The average Bonchev–Trinajstić information content (AvgIpc) is 3.14. The fourth-order valence-electron chi connectivity index (χ4n) is 7.22. The minimum absolute atomic E-state index is 0.204. The lowest BCUT2D eigenvalue weighted by Crippen LogP contribution is -2.58. The molecule has 4 heteroatoms. The maximum absolute atomic E-state index is 13.0. The zero-order valence-corrected chi connectivity index (χ0v) is 16.6. The summed E-state index contributed by atoms with van der Waals surface area (Å²) < 4.78 is 0. The predicted molar refractivity (Wildman–Crippen MR) is 111 cm³/mol. The van der Waals surface area contributed by atoms with Crippen molar-refractivity contribution in [1.82, 2.24) is 15.2 Å². The molecule has 0 spiro atoms. The van der Waals surface area contributed by atoms with Crippen LogP contribution in [0.3, 0.4) is 0 Å². The van der Waals surface area contributed by atoms with Crippen molar-refractivity contribution in [3.05, 3.63) is 36.0 Å². The third-order valence-corrected chi connectivity index (χ3v) is 8.36. The lowest BCUT2D eigenvalue weighted by molar-refractivity contribution is -0.0113. The van der Waals surface area contributed by atoms with Crippen LogP contribution < -0.4 is 5.32 Å². The summed E-state index contributed by atoms with van der Waals surface area (Å²) in [5.74, 6) is 3.99. The van der Waals surface area contributed by atoms with E-state index in [1.165, 1.54) is 48.6 Å². The number of aromatic nitrogens is 1. The molecule has 4 bridgehead atoms. The molecule has 0 atom stereocenters. The molecule has 2 aromatic rings. The summed E-state index contributed by atoms with van der Waals surface area (Å²) in [6, 6.07) is 9.22. The summed E-state index contributed by atoms with van der Waals surface area (Å²) >= 11 is 0. The summed E-state index contributed by atoms with van der Waals surface area (Å²) in [7, 11) is 0.